The predicted octanol–water partition coefficient (Wildman–Crippen LogP) is 3.10. The molecule has 2 N–H and O–H groups in total. The lowest BCUT2D eigenvalue weighted by atomic mass is 9.97. The molecule has 0 radical (unpaired) electrons. The Hall–Kier alpha value is -1.95. The molecular formula is C23H35FIN7O. The predicted molar refractivity (Wildman–Crippen MR) is 139 cm³/mol. The maximum absolute atomic E-state index is 14.0. The van der Waals surface area contributed by atoms with Crippen molar-refractivity contribution in [1.82, 2.24) is 25.5 Å². The van der Waals surface area contributed by atoms with Crippen LogP contribution in [-0.2, 0) is 6.54 Å². The fourth-order valence-electron chi connectivity index (χ4n) is 4.46. The van der Waals surface area contributed by atoms with Gasteiger partial charge < -0.3 is 20.0 Å². The van der Waals surface area contributed by atoms with E-state index in [0.717, 1.165) is 75.3 Å². The summed E-state index contributed by atoms with van der Waals surface area (Å²) in [6, 6.07) is 3.30. The summed E-state index contributed by atoms with van der Waals surface area (Å²) in [7, 11) is 1.80. The monoisotopic (exact) mass is 571 g/mol. The van der Waals surface area contributed by atoms with Gasteiger partial charge in [0.2, 0.25) is 5.89 Å². The summed E-state index contributed by atoms with van der Waals surface area (Å²) >= 11 is 0. The highest BCUT2D eigenvalue weighted by Crippen LogP contribution is 2.21. The molecule has 10 heteroatoms. The normalized spacial score (nSPS) is 20.1. The van der Waals surface area contributed by atoms with Crippen molar-refractivity contribution in [2.45, 2.75) is 45.7 Å². The summed E-state index contributed by atoms with van der Waals surface area (Å²) < 4.78 is 19.7. The number of halogens is 2. The standard InChI is InChI=1S/C23H34FN7O.HI/c1-16-17(2)32-21(28-16)15-30-10-6-18(7-11-30)13-27-23(25-3)29-19-8-12-31(14-19)22-20(24)5-4-9-26-22;/h4-5,9,18-19H,6-8,10-15H2,1-3H3,(H2,25,27,29);1H. The molecule has 4 rings (SSSR count). The lowest BCUT2D eigenvalue weighted by molar-refractivity contribution is 0.164. The third kappa shape index (κ3) is 6.78. The molecule has 1 unspecified atom stereocenters. The number of hydrogen-bond acceptors (Lipinski definition) is 6. The van der Waals surface area contributed by atoms with Crippen molar-refractivity contribution >= 4 is 35.8 Å². The number of piperidine rings is 1. The Morgan fingerprint density at radius 1 is 1.24 bits per heavy atom. The van der Waals surface area contributed by atoms with Gasteiger partial charge in [-0.25, -0.2) is 14.4 Å². The van der Waals surface area contributed by atoms with Crippen LogP contribution < -0.4 is 15.5 Å². The zero-order chi connectivity index (χ0) is 22.5. The Morgan fingerprint density at radius 2 is 2.03 bits per heavy atom. The molecule has 2 aromatic rings. The van der Waals surface area contributed by atoms with Crippen molar-refractivity contribution in [2.24, 2.45) is 10.9 Å². The number of hydrogen-bond donors (Lipinski definition) is 2. The smallest absolute Gasteiger partial charge is 0.208 e. The van der Waals surface area contributed by atoms with Gasteiger partial charge in [-0.2, -0.15) is 0 Å². The Balaban J connectivity index is 0.00000306. The number of aryl methyl sites for hydroxylation is 2. The van der Waals surface area contributed by atoms with Gasteiger partial charge in [-0.05, 0) is 64.3 Å². The van der Waals surface area contributed by atoms with Crippen molar-refractivity contribution in [3.63, 3.8) is 0 Å². The largest absolute Gasteiger partial charge is 0.444 e. The minimum absolute atomic E-state index is 0. The van der Waals surface area contributed by atoms with E-state index in [2.05, 4.69) is 30.5 Å². The van der Waals surface area contributed by atoms with Gasteiger partial charge in [0.25, 0.3) is 0 Å². The molecule has 182 valence electrons. The van der Waals surface area contributed by atoms with Gasteiger partial charge in [0.1, 0.15) is 5.76 Å². The van der Waals surface area contributed by atoms with E-state index in [1.54, 1.807) is 19.3 Å². The molecule has 1 atom stereocenters. The maximum atomic E-state index is 14.0. The molecule has 0 saturated carbocycles. The van der Waals surface area contributed by atoms with E-state index in [1.807, 2.05) is 18.7 Å². The molecule has 0 aliphatic carbocycles. The number of nitrogens with zero attached hydrogens (tertiary/aromatic N) is 5. The number of nitrogens with one attached hydrogen (secondary N) is 2. The van der Waals surface area contributed by atoms with Crippen LogP contribution in [0.4, 0.5) is 10.2 Å². The van der Waals surface area contributed by atoms with E-state index in [4.69, 9.17) is 4.42 Å². The molecule has 8 nitrogen and oxygen atoms in total. The van der Waals surface area contributed by atoms with Crippen LogP contribution in [0.5, 0.6) is 0 Å². The molecule has 4 heterocycles. The summed E-state index contributed by atoms with van der Waals surface area (Å²) in [5.41, 5.74) is 0.980. The van der Waals surface area contributed by atoms with Gasteiger partial charge in [-0.15, -0.1) is 24.0 Å². The second kappa shape index (κ2) is 12.0. The van der Waals surface area contributed by atoms with E-state index < -0.39 is 0 Å². The summed E-state index contributed by atoms with van der Waals surface area (Å²) in [6.07, 6.45) is 4.84. The van der Waals surface area contributed by atoms with Crippen LogP contribution in [-0.4, -0.2) is 66.6 Å². The number of likely N-dealkylation sites (tertiary alicyclic amines) is 1. The Labute approximate surface area is 212 Å². The lowest BCUT2D eigenvalue weighted by Gasteiger charge is -2.31. The van der Waals surface area contributed by atoms with Crippen LogP contribution in [0, 0.1) is 25.6 Å². The van der Waals surface area contributed by atoms with Crippen LogP contribution in [0.25, 0.3) is 0 Å². The van der Waals surface area contributed by atoms with Gasteiger partial charge in [-0.3, -0.25) is 9.89 Å². The number of rotatable bonds is 6. The second-order valence-corrected chi connectivity index (χ2v) is 8.81. The molecule has 0 amide bonds. The number of anilines is 1. The minimum atomic E-state index is -0.268. The summed E-state index contributed by atoms with van der Waals surface area (Å²) in [5.74, 6) is 3.31. The Kier molecular flexibility index (Phi) is 9.30. The zero-order valence-electron chi connectivity index (χ0n) is 19.7. The van der Waals surface area contributed by atoms with Crippen molar-refractivity contribution in [2.75, 3.05) is 44.7 Å². The van der Waals surface area contributed by atoms with E-state index >= 15 is 0 Å². The number of guanidine groups is 1. The number of aliphatic imine (C=N–C) groups is 1. The van der Waals surface area contributed by atoms with Gasteiger partial charge in [0.15, 0.2) is 17.6 Å². The van der Waals surface area contributed by atoms with Crippen molar-refractivity contribution in [3.05, 3.63) is 41.5 Å². The third-order valence-corrected chi connectivity index (χ3v) is 6.49. The summed E-state index contributed by atoms with van der Waals surface area (Å²) in [5, 5.41) is 6.98. The average Bonchev–Trinajstić information content (AvgIpc) is 3.38. The number of aromatic nitrogens is 2. The summed E-state index contributed by atoms with van der Waals surface area (Å²) in [6.45, 7) is 9.23. The number of oxazole rings is 1. The fraction of sp³-hybridized carbons (Fsp3) is 0.609. The highest BCUT2D eigenvalue weighted by atomic mass is 127. The maximum Gasteiger partial charge on any atom is 0.208 e. The van der Waals surface area contributed by atoms with Gasteiger partial charge in [0, 0.05) is 38.9 Å². The zero-order valence-corrected chi connectivity index (χ0v) is 22.0. The first-order valence-electron chi connectivity index (χ1n) is 11.5. The van der Waals surface area contributed by atoms with E-state index in [1.165, 1.54) is 6.07 Å². The molecule has 2 saturated heterocycles. The van der Waals surface area contributed by atoms with Gasteiger partial charge in [0.05, 0.1) is 12.2 Å². The third-order valence-electron chi connectivity index (χ3n) is 6.49. The fourth-order valence-corrected chi connectivity index (χ4v) is 4.46. The van der Waals surface area contributed by atoms with Crippen LogP contribution in [0.3, 0.4) is 0 Å². The molecule has 2 fully saturated rings. The first kappa shape index (κ1) is 25.7. The van der Waals surface area contributed by atoms with Crippen molar-refractivity contribution < 1.29 is 8.81 Å². The molecule has 2 aromatic heterocycles. The average molecular weight is 571 g/mol. The van der Waals surface area contributed by atoms with E-state index in [0.29, 0.717) is 18.3 Å². The quantitative estimate of drug-likeness (QED) is 0.314. The second-order valence-electron chi connectivity index (χ2n) is 8.81. The highest BCUT2D eigenvalue weighted by molar-refractivity contribution is 14.0. The topological polar surface area (TPSA) is 81.8 Å². The van der Waals surface area contributed by atoms with E-state index in [-0.39, 0.29) is 35.8 Å². The highest BCUT2D eigenvalue weighted by Gasteiger charge is 2.26. The molecular weight excluding hydrogens is 536 g/mol. The minimum Gasteiger partial charge on any atom is -0.444 e. The molecule has 0 aromatic carbocycles. The van der Waals surface area contributed by atoms with E-state index in [9.17, 15) is 4.39 Å². The first-order valence-corrected chi connectivity index (χ1v) is 11.5. The number of pyridine rings is 1. The van der Waals surface area contributed by atoms with Crippen LogP contribution in [0.1, 0.15) is 36.6 Å². The van der Waals surface area contributed by atoms with Gasteiger partial charge in [-0.1, -0.05) is 0 Å². The van der Waals surface area contributed by atoms with Crippen molar-refractivity contribution in [3.8, 4) is 0 Å². The first-order chi connectivity index (χ1) is 15.5. The van der Waals surface area contributed by atoms with Crippen LogP contribution >= 0.6 is 24.0 Å². The molecule has 2 aliphatic rings. The SMILES string of the molecule is CN=C(NCC1CCN(Cc2nc(C)c(C)o2)CC1)NC1CCN(c2ncccc2F)C1.I. The van der Waals surface area contributed by atoms with Crippen LogP contribution in [0.15, 0.2) is 27.7 Å². The molecule has 0 bridgehead atoms. The summed E-state index contributed by atoms with van der Waals surface area (Å²) in [4.78, 5) is 17.5. The van der Waals surface area contributed by atoms with Crippen molar-refractivity contribution in [1.29, 1.82) is 0 Å². The van der Waals surface area contributed by atoms with Gasteiger partial charge >= 0.3 is 0 Å². The Morgan fingerprint density at radius 3 is 2.70 bits per heavy atom. The molecule has 33 heavy (non-hydrogen) atoms. The van der Waals surface area contributed by atoms with Crippen LogP contribution in [0.2, 0.25) is 0 Å². The molecule has 2 aliphatic heterocycles. The Bertz CT molecular complexity index is 910. The lowest BCUT2D eigenvalue weighted by Crippen LogP contribution is -2.47. The molecule has 0 spiro atoms.